The summed E-state index contributed by atoms with van der Waals surface area (Å²) < 4.78 is 0. The van der Waals surface area contributed by atoms with Crippen molar-refractivity contribution in [2.45, 2.75) is 71.4 Å². The monoisotopic (exact) mass is 226 g/mol. The zero-order valence-electron chi connectivity index (χ0n) is 11.5. The van der Waals surface area contributed by atoms with Crippen molar-refractivity contribution >= 4 is 0 Å². The first-order valence-electron chi connectivity index (χ1n) is 7.30. The van der Waals surface area contributed by atoms with Crippen LogP contribution < -0.4 is 5.32 Å². The first-order chi connectivity index (χ1) is 7.83. The zero-order valence-corrected chi connectivity index (χ0v) is 11.5. The second-order valence-electron chi connectivity index (χ2n) is 4.99. The van der Waals surface area contributed by atoms with Crippen LogP contribution in [0.25, 0.3) is 0 Å². The molecule has 1 N–H and O–H groups in total. The molecule has 1 rings (SSSR count). The van der Waals surface area contributed by atoms with Crippen molar-refractivity contribution < 1.29 is 0 Å². The number of rotatable bonds is 6. The Kier molecular flexibility index (Phi) is 7.06. The van der Waals surface area contributed by atoms with E-state index in [1.807, 2.05) is 0 Å². The number of hydrogen-bond acceptors (Lipinski definition) is 2. The highest BCUT2D eigenvalue weighted by Gasteiger charge is 2.26. The third-order valence-electron chi connectivity index (χ3n) is 3.92. The third-order valence-corrected chi connectivity index (χ3v) is 3.92. The van der Waals surface area contributed by atoms with Crippen molar-refractivity contribution in [1.82, 2.24) is 10.2 Å². The summed E-state index contributed by atoms with van der Waals surface area (Å²) in [6.45, 7) is 10.4. The van der Waals surface area contributed by atoms with Gasteiger partial charge in [-0.25, -0.2) is 0 Å². The number of hydrogen-bond donors (Lipinski definition) is 1. The lowest BCUT2D eigenvalue weighted by Gasteiger charge is -2.35. The normalized spacial score (nSPS) is 27.0. The Morgan fingerprint density at radius 2 is 1.69 bits per heavy atom. The molecule has 2 heteroatoms. The molecule has 16 heavy (non-hydrogen) atoms. The summed E-state index contributed by atoms with van der Waals surface area (Å²) in [4.78, 5) is 2.65. The number of nitrogens with zero attached hydrogens (tertiary/aromatic N) is 1. The zero-order chi connectivity index (χ0) is 11.8. The summed E-state index contributed by atoms with van der Waals surface area (Å²) in [6, 6.07) is 1.52. The molecule has 0 aliphatic heterocycles. The molecule has 96 valence electrons. The molecule has 0 amide bonds. The maximum atomic E-state index is 3.77. The van der Waals surface area contributed by atoms with Crippen molar-refractivity contribution in [1.29, 1.82) is 0 Å². The van der Waals surface area contributed by atoms with E-state index in [4.69, 9.17) is 0 Å². The van der Waals surface area contributed by atoms with Gasteiger partial charge in [0, 0.05) is 12.1 Å². The van der Waals surface area contributed by atoms with Gasteiger partial charge in [-0.3, -0.25) is 4.90 Å². The van der Waals surface area contributed by atoms with Crippen molar-refractivity contribution in [3.8, 4) is 0 Å². The predicted octanol–water partition coefficient (Wildman–Crippen LogP) is 3.03. The summed E-state index contributed by atoms with van der Waals surface area (Å²) in [5.41, 5.74) is 0. The average Bonchev–Trinajstić information content (AvgIpc) is 2.54. The van der Waals surface area contributed by atoms with E-state index >= 15 is 0 Å². The molecule has 0 heterocycles. The van der Waals surface area contributed by atoms with Crippen LogP contribution in [0.15, 0.2) is 0 Å². The van der Waals surface area contributed by atoms with Crippen LogP contribution in [0.3, 0.4) is 0 Å². The molecular weight excluding hydrogens is 196 g/mol. The molecule has 0 bridgehead atoms. The fourth-order valence-corrected chi connectivity index (χ4v) is 2.99. The molecule has 1 aliphatic rings. The summed E-state index contributed by atoms with van der Waals surface area (Å²) in [5.74, 6) is 0. The van der Waals surface area contributed by atoms with E-state index in [-0.39, 0.29) is 0 Å². The highest BCUT2D eigenvalue weighted by Crippen LogP contribution is 2.22. The molecule has 0 saturated heterocycles. The van der Waals surface area contributed by atoms with E-state index in [2.05, 4.69) is 31.0 Å². The lowest BCUT2D eigenvalue weighted by atomic mass is 10.0. The third kappa shape index (κ3) is 4.06. The van der Waals surface area contributed by atoms with Crippen molar-refractivity contribution in [2.24, 2.45) is 0 Å². The minimum Gasteiger partial charge on any atom is -0.312 e. The maximum Gasteiger partial charge on any atom is 0.0249 e. The molecule has 1 saturated carbocycles. The predicted molar refractivity (Wildman–Crippen MR) is 71.9 cm³/mol. The van der Waals surface area contributed by atoms with Crippen LogP contribution in [0, 0.1) is 0 Å². The highest BCUT2D eigenvalue weighted by atomic mass is 15.2. The van der Waals surface area contributed by atoms with E-state index in [0.29, 0.717) is 0 Å². The van der Waals surface area contributed by atoms with Gasteiger partial charge >= 0.3 is 0 Å². The van der Waals surface area contributed by atoms with E-state index in [1.165, 1.54) is 58.2 Å². The first-order valence-corrected chi connectivity index (χ1v) is 7.30. The molecule has 0 radical (unpaired) electrons. The van der Waals surface area contributed by atoms with Gasteiger partial charge in [0.1, 0.15) is 0 Å². The van der Waals surface area contributed by atoms with Crippen LogP contribution >= 0.6 is 0 Å². The summed E-state index contributed by atoms with van der Waals surface area (Å²) in [7, 11) is 0. The van der Waals surface area contributed by atoms with Gasteiger partial charge in [0.25, 0.3) is 0 Å². The molecule has 2 unspecified atom stereocenters. The molecule has 0 aromatic rings. The van der Waals surface area contributed by atoms with Crippen molar-refractivity contribution in [3.63, 3.8) is 0 Å². The van der Waals surface area contributed by atoms with E-state index in [0.717, 1.165) is 12.1 Å². The summed E-state index contributed by atoms with van der Waals surface area (Å²) >= 11 is 0. The fraction of sp³-hybridized carbons (Fsp3) is 1.00. The maximum absolute atomic E-state index is 3.77. The molecule has 2 atom stereocenters. The molecular formula is C14H30N2. The molecule has 1 aliphatic carbocycles. The summed E-state index contributed by atoms with van der Waals surface area (Å²) in [6.07, 6.45) is 8.29. The average molecular weight is 226 g/mol. The largest absolute Gasteiger partial charge is 0.312 e. The van der Waals surface area contributed by atoms with Gasteiger partial charge in [0.15, 0.2) is 0 Å². The highest BCUT2D eigenvalue weighted by molar-refractivity contribution is 4.86. The molecule has 0 aromatic carbocycles. The molecule has 2 nitrogen and oxygen atoms in total. The minimum atomic E-state index is 0.738. The lowest BCUT2D eigenvalue weighted by Crippen LogP contribution is -2.49. The van der Waals surface area contributed by atoms with Gasteiger partial charge < -0.3 is 5.32 Å². The Morgan fingerprint density at radius 1 is 1.00 bits per heavy atom. The van der Waals surface area contributed by atoms with Crippen LogP contribution in [-0.2, 0) is 0 Å². The van der Waals surface area contributed by atoms with Crippen LogP contribution in [0.4, 0.5) is 0 Å². The lowest BCUT2D eigenvalue weighted by molar-refractivity contribution is 0.162. The fourth-order valence-electron chi connectivity index (χ4n) is 2.99. The minimum absolute atomic E-state index is 0.738. The van der Waals surface area contributed by atoms with E-state index < -0.39 is 0 Å². The van der Waals surface area contributed by atoms with E-state index in [1.54, 1.807) is 0 Å². The Balaban J connectivity index is 2.56. The van der Waals surface area contributed by atoms with Gasteiger partial charge in [-0.05, 0) is 38.9 Å². The topological polar surface area (TPSA) is 15.3 Å². The second-order valence-corrected chi connectivity index (χ2v) is 4.99. The summed E-state index contributed by atoms with van der Waals surface area (Å²) in [5, 5.41) is 3.77. The quantitative estimate of drug-likeness (QED) is 0.700. The number of likely N-dealkylation sites (N-methyl/N-ethyl adjacent to an activating group) is 1. The van der Waals surface area contributed by atoms with Crippen LogP contribution in [0.2, 0.25) is 0 Å². The number of nitrogens with one attached hydrogen (secondary N) is 1. The van der Waals surface area contributed by atoms with E-state index in [9.17, 15) is 0 Å². The van der Waals surface area contributed by atoms with Gasteiger partial charge in [-0.2, -0.15) is 0 Å². The van der Waals surface area contributed by atoms with Crippen molar-refractivity contribution in [3.05, 3.63) is 0 Å². The standard InChI is InChI=1S/C14H30N2/c1-4-12-15-13-10-8-7-9-11-14(13)16(5-2)6-3/h13-15H,4-12H2,1-3H3. The first kappa shape index (κ1) is 14.0. The Bertz CT molecular complexity index is 166. The Hall–Kier alpha value is -0.0800. The second kappa shape index (κ2) is 8.08. The Labute approximate surface area is 102 Å². The van der Waals surface area contributed by atoms with Crippen LogP contribution in [-0.4, -0.2) is 36.6 Å². The van der Waals surface area contributed by atoms with Gasteiger partial charge in [-0.15, -0.1) is 0 Å². The van der Waals surface area contributed by atoms with Crippen molar-refractivity contribution in [2.75, 3.05) is 19.6 Å². The Morgan fingerprint density at radius 3 is 2.31 bits per heavy atom. The molecule has 0 aromatic heterocycles. The molecule has 1 fully saturated rings. The van der Waals surface area contributed by atoms with Gasteiger partial charge in [0.2, 0.25) is 0 Å². The molecule has 0 spiro atoms. The SMILES string of the molecule is CCCNC1CCCCCC1N(CC)CC. The van der Waals surface area contributed by atoms with Gasteiger partial charge in [-0.1, -0.05) is 40.0 Å². The van der Waals surface area contributed by atoms with Crippen LogP contribution in [0.5, 0.6) is 0 Å². The van der Waals surface area contributed by atoms with Crippen LogP contribution in [0.1, 0.15) is 59.3 Å². The smallest absolute Gasteiger partial charge is 0.0249 e. The van der Waals surface area contributed by atoms with Gasteiger partial charge in [0.05, 0.1) is 0 Å².